The molecular formula is C31H40ClN5O2. The zero-order valence-corrected chi connectivity index (χ0v) is 23.6. The first kappa shape index (κ1) is 27.7. The molecule has 39 heavy (non-hydrogen) atoms. The third-order valence-corrected chi connectivity index (χ3v) is 8.77. The smallest absolute Gasteiger partial charge is 0.246 e. The van der Waals surface area contributed by atoms with E-state index >= 15 is 0 Å². The molecule has 2 fully saturated rings. The summed E-state index contributed by atoms with van der Waals surface area (Å²) in [5.41, 5.74) is 1.70. The molecular weight excluding hydrogens is 510 g/mol. The van der Waals surface area contributed by atoms with Crippen molar-refractivity contribution in [2.24, 2.45) is 0 Å². The van der Waals surface area contributed by atoms with Crippen LogP contribution in [0.4, 0.5) is 0 Å². The Labute approximate surface area is 236 Å². The van der Waals surface area contributed by atoms with E-state index < -0.39 is 5.54 Å². The van der Waals surface area contributed by atoms with Crippen molar-refractivity contribution in [3.8, 4) is 0 Å². The van der Waals surface area contributed by atoms with Gasteiger partial charge in [0.05, 0.1) is 6.54 Å². The number of fused-ring (bicyclic) bond motifs is 1. The molecule has 2 aromatic carbocycles. The Morgan fingerprint density at radius 1 is 0.974 bits per heavy atom. The molecule has 208 valence electrons. The maximum atomic E-state index is 13.7. The van der Waals surface area contributed by atoms with Crippen LogP contribution in [0.2, 0.25) is 5.02 Å². The number of para-hydroxylation sites is 1. The first-order chi connectivity index (χ1) is 18.9. The minimum absolute atomic E-state index is 0.128. The molecule has 0 spiro atoms. The Morgan fingerprint density at radius 2 is 1.69 bits per heavy atom. The van der Waals surface area contributed by atoms with Gasteiger partial charge in [-0.1, -0.05) is 67.3 Å². The molecule has 3 aromatic rings. The fourth-order valence-corrected chi connectivity index (χ4v) is 6.34. The van der Waals surface area contributed by atoms with Gasteiger partial charge in [-0.05, 0) is 43.0 Å². The molecule has 0 radical (unpaired) electrons. The highest BCUT2D eigenvalue weighted by Gasteiger charge is 2.36. The molecule has 1 atom stereocenters. The van der Waals surface area contributed by atoms with Gasteiger partial charge in [-0.15, -0.1) is 0 Å². The third-order valence-electron chi connectivity index (χ3n) is 8.40. The van der Waals surface area contributed by atoms with Crippen LogP contribution in [-0.4, -0.2) is 70.9 Å². The van der Waals surface area contributed by atoms with Gasteiger partial charge in [-0.25, -0.2) is 0 Å². The molecule has 3 N–H and O–H groups in total. The van der Waals surface area contributed by atoms with Gasteiger partial charge in [-0.2, -0.15) is 0 Å². The van der Waals surface area contributed by atoms with E-state index in [1.807, 2.05) is 61.7 Å². The van der Waals surface area contributed by atoms with Crippen LogP contribution >= 0.6 is 11.6 Å². The molecule has 1 saturated heterocycles. The molecule has 2 amide bonds. The van der Waals surface area contributed by atoms with E-state index in [9.17, 15) is 9.59 Å². The second-order valence-electron chi connectivity index (χ2n) is 11.3. The Balaban J connectivity index is 1.25. The summed E-state index contributed by atoms with van der Waals surface area (Å²) < 4.78 is 0. The molecule has 0 bridgehead atoms. The number of carbonyl (C=O) groups excluding carboxylic acids is 2. The van der Waals surface area contributed by atoms with Crippen molar-refractivity contribution in [1.82, 2.24) is 25.4 Å². The largest absolute Gasteiger partial charge is 0.361 e. The number of rotatable bonds is 9. The van der Waals surface area contributed by atoms with Crippen LogP contribution in [0.15, 0.2) is 54.7 Å². The Hall–Kier alpha value is -2.87. The van der Waals surface area contributed by atoms with Gasteiger partial charge in [0.2, 0.25) is 11.8 Å². The topological polar surface area (TPSA) is 80.5 Å². The number of nitrogens with zero attached hydrogens (tertiary/aromatic N) is 2. The quantitative estimate of drug-likeness (QED) is 0.367. The Kier molecular flexibility index (Phi) is 8.90. The third kappa shape index (κ3) is 6.83. The number of aromatic amines is 1. The highest BCUT2D eigenvalue weighted by molar-refractivity contribution is 6.31. The molecule has 5 rings (SSSR count). The summed E-state index contributed by atoms with van der Waals surface area (Å²) in [6.45, 7) is 6.16. The van der Waals surface area contributed by atoms with E-state index in [-0.39, 0.29) is 11.8 Å². The summed E-state index contributed by atoms with van der Waals surface area (Å²) in [4.78, 5) is 35.1. The van der Waals surface area contributed by atoms with Crippen molar-refractivity contribution in [3.05, 3.63) is 70.9 Å². The normalized spacial score (nSPS) is 19.0. The van der Waals surface area contributed by atoms with Gasteiger partial charge >= 0.3 is 0 Å². The predicted molar refractivity (Wildman–Crippen MR) is 157 cm³/mol. The predicted octanol–water partition coefficient (Wildman–Crippen LogP) is 4.51. The van der Waals surface area contributed by atoms with E-state index in [4.69, 9.17) is 11.6 Å². The number of hydrogen-bond acceptors (Lipinski definition) is 4. The highest BCUT2D eigenvalue weighted by atomic mass is 35.5. The first-order valence-electron chi connectivity index (χ1n) is 14.3. The fraction of sp³-hybridized carbons (Fsp3) is 0.484. The van der Waals surface area contributed by atoms with Gasteiger partial charge in [0.15, 0.2) is 0 Å². The average Bonchev–Trinajstić information content (AvgIpc) is 3.35. The zero-order valence-electron chi connectivity index (χ0n) is 22.8. The monoisotopic (exact) mass is 549 g/mol. The van der Waals surface area contributed by atoms with Crippen molar-refractivity contribution >= 4 is 34.3 Å². The van der Waals surface area contributed by atoms with Crippen LogP contribution in [0.3, 0.4) is 0 Å². The van der Waals surface area contributed by atoms with Crippen LogP contribution in [0.1, 0.15) is 50.2 Å². The summed E-state index contributed by atoms with van der Waals surface area (Å²) in [5.74, 6) is -0.362. The number of aromatic nitrogens is 1. The fourth-order valence-electron chi connectivity index (χ4n) is 6.14. The van der Waals surface area contributed by atoms with E-state index in [2.05, 4.69) is 25.4 Å². The number of benzene rings is 2. The molecule has 8 heteroatoms. The minimum Gasteiger partial charge on any atom is -0.361 e. The SMILES string of the molecule is CC(Cc1c[nH]c2ccccc12)(NC(=O)CN1CCN(C2CCCCC2)CC1)C(=O)NCc1ccccc1Cl. The second-order valence-corrected chi connectivity index (χ2v) is 11.7. The maximum absolute atomic E-state index is 13.7. The number of amides is 2. The lowest BCUT2D eigenvalue weighted by atomic mass is 9.91. The van der Waals surface area contributed by atoms with Crippen LogP contribution < -0.4 is 10.6 Å². The number of piperazine rings is 1. The summed E-state index contributed by atoms with van der Waals surface area (Å²) >= 11 is 6.32. The van der Waals surface area contributed by atoms with Crippen molar-refractivity contribution in [2.75, 3.05) is 32.7 Å². The van der Waals surface area contributed by atoms with E-state index in [1.165, 1.54) is 32.1 Å². The standard InChI is InChI=1S/C31H40ClN5O2/c1-31(19-24-21-33-28-14-8-6-12-26(24)28,30(39)34-20-23-9-5-7-13-27(23)32)35-29(38)22-36-15-17-37(18-16-36)25-10-3-2-4-11-25/h5-9,12-14,21,25,33H,2-4,10-11,15-20,22H2,1H3,(H,34,39)(H,35,38). The van der Waals surface area contributed by atoms with Gasteiger partial charge in [0, 0.05) is 67.3 Å². The number of nitrogens with one attached hydrogen (secondary N) is 3. The van der Waals surface area contributed by atoms with Gasteiger partial charge < -0.3 is 15.6 Å². The van der Waals surface area contributed by atoms with Crippen molar-refractivity contribution < 1.29 is 9.59 Å². The lowest BCUT2D eigenvalue weighted by molar-refractivity contribution is -0.133. The van der Waals surface area contributed by atoms with Crippen molar-refractivity contribution in [3.63, 3.8) is 0 Å². The van der Waals surface area contributed by atoms with E-state index in [0.717, 1.165) is 48.2 Å². The van der Waals surface area contributed by atoms with Crippen LogP contribution in [0, 0.1) is 0 Å². The summed E-state index contributed by atoms with van der Waals surface area (Å²) in [6.07, 6.45) is 8.93. The molecule has 1 aliphatic carbocycles. The number of carbonyl (C=O) groups is 2. The minimum atomic E-state index is -1.13. The first-order valence-corrected chi connectivity index (χ1v) is 14.6. The van der Waals surface area contributed by atoms with Crippen LogP contribution in [0.25, 0.3) is 10.9 Å². The molecule has 2 heterocycles. The Bertz CT molecular complexity index is 1280. The lowest BCUT2D eigenvalue weighted by Crippen LogP contribution is -2.60. The van der Waals surface area contributed by atoms with Crippen molar-refractivity contribution in [2.45, 2.75) is 63.6 Å². The molecule has 1 aromatic heterocycles. The molecule has 1 aliphatic heterocycles. The molecule has 1 unspecified atom stereocenters. The average molecular weight is 550 g/mol. The summed E-state index contributed by atoms with van der Waals surface area (Å²) in [7, 11) is 0. The van der Waals surface area contributed by atoms with Gasteiger partial charge in [0.25, 0.3) is 0 Å². The van der Waals surface area contributed by atoms with E-state index in [0.29, 0.717) is 30.6 Å². The molecule has 7 nitrogen and oxygen atoms in total. The molecule has 2 aliphatic rings. The number of halogens is 1. The number of hydrogen-bond donors (Lipinski definition) is 3. The zero-order chi connectivity index (χ0) is 27.2. The highest BCUT2D eigenvalue weighted by Crippen LogP contribution is 2.25. The lowest BCUT2D eigenvalue weighted by Gasteiger charge is -2.40. The van der Waals surface area contributed by atoms with Gasteiger partial charge in [-0.3, -0.25) is 19.4 Å². The summed E-state index contributed by atoms with van der Waals surface area (Å²) in [6, 6.07) is 16.2. The van der Waals surface area contributed by atoms with Crippen LogP contribution in [0.5, 0.6) is 0 Å². The maximum Gasteiger partial charge on any atom is 0.246 e. The van der Waals surface area contributed by atoms with Gasteiger partial charge in [0.1, 0.15) is 5.54 Å². The molecule has 1 saturated carbocycles. The number of H-pyrrole nitrogens is 1. The Morgan fingerprint density at radius 3 is 2.46 bits per heavy atom. The summed E-state index contributed by atoms with van der Waals surface area (Å²) in [5, 5.41) is 7.80. The van der Waals surface area contributed by atoms with E-state index in [1.54, 1.807) is 0 Å². The van der Waals surface area contributed by atoms with Crippen molar-refractivity contribution in [1.29, 1.82) is 0 Å². The second kappa shape index (κ2) is 12.5. The van der Waals surface area contributed by atoms with Crippen LogP contribution in [-0.2, 0) is 22.6 Å².